The van der Waals surface area contributed by atoms with Gasteiger partial charge in [-0.1, -0.05) is 51.1 Å². The second kappa shape index (κ2) is 5.16. The minimum atomic E-state index is -0.835. The molecule has 0 aromatic heterocycles. The Morgan fingerprint density at radius 3 is 2.00 bits per heavy atom. The van der Waals surface area contributed by atoms with E-state index in [1.807, 2.05) is 32.9 Å². The summed E-state index contributed by atoms with van der Waals surface area (Å²) in [5.74, 6) is -2.29. The molecule has 20 heavy (non-hydrogen) atoms. The van der Waals surface area contributed by atoms with Gasteiger partial charge in [0.1, 0.15) is 11.6 Å². The molecule has 0 atom stereocenters. The van der Waals surface area contributed by atoms with Gasteiger partial charge < -0.3 is 0 Å². The van der Waals surface area contributed by atoms with Gasteiger partial charge in [-0.3, -0.25) is 4.79 Å². The molecule has 2 aromatic rings. The van der Waals surface area contributed by atoms with Crippen LogP contribution in [0.3, 0.4) is 0 Å². The average molecular weight is 274 g/mol. The van der Waals surface area contributed by atoms with Gasteiger partial charge in [0, 0.05) is 5.56 Å². The van der Waals surface area contributed by atoms with Crippen LogP contribution in [0.4, 0.5) is 8.78 Å². The van der Waals surface area contributed by atoms with Crippen LogP contribution in [0.15, 0.2) is 42.5 Å². The van der Waals surface area contributed by atoms with Crippen LogP contribution < -0.4 is 0 Å². The van der Waals surface area contributed by atoms with Crippen LogP contribution in [0, 0.1) is 11.6 Å². The molecule has 0 radical (unpaired) electrons. The van der Waals surface area contributed by atoms with E-state index in [0.29, 0.717) is 5.56 Å². The largest absolute Gasteiger partial charge is 0.288 e. The molecule has 2 rings (SSSR count). The number of carbonyl (C=O) groups excluding carboxylic acids is 1. The Morgan fingerprint density at radius 2 is 1.45 bits per heavy atom. The van der Waals surface area contributed by atoms with Crippen molar-refractivity contribution in [1.82, 2.24) is 0 Å². The van der Waals surface area contributed by atoms with Gasteiger partial charge in [0.05, 0.1) is 5.56 Å². The standard InChI is InChI=1S/C17H16F2O/c1-17(2,3)12-8-5-4-7-11(12)16(20)15-13(18)9-6-10-14(15)19/h4-10H,1-3H3. The Kier molecular flexibility index (Phi) is 3.71. The maximum Gasteiger partial charge on any atom is 0.199 e. The number of carbonyl (C=O) groups is 1. The molecule has 0 unspecified atom stereocenters. The minimum Gasteiger partial charge on any atom is -0.288 e. The van der Waals surface area contributed by atoms with E-state index in [1.165, 1.54) is 6.07 Å². The molecule has 0 spiro atoms. The number of benzene rings is 2. The monoisotopic (exact) mass is 274 g/mol. The SMILES string of the molecule is CC(C)(C)c1ccccc1C(=O)c1c(F)cccc1F. The summed E-state index contributed by atoms with van der Waals surface area (Å²) >= 11 is 0. The third-order valence-corrected chi connectivity index (χ3v) is 3.17. The van der Waals surface area contributed by atoms with Crippen molar-refractivity contribution < 1.29 is 13.6 Å². The Balaban J connectivity index is 2.61. The van der Waals surface area contributed by atoms with Crippen molar-refractivity contribution in [2.24, 2.45) is 0 Å². The predicted octanol–water partition coefficient (Wildman–Crippen LogP) is 4.49. The Hall–Kier alpha value is -2.03. The lowest BCUT2D eigenvalue weighted by atomic mass is 9.82. The van der Waals surface area contributed by atoms with E-state index < -0.39 is 23.0 Å². The summed E-state index contributed by atoms with van der Waals surface area (Å²) in [5, 5.41) is 0. The van der Waals surface area contributed by atoms with Crippen LogP contribution in [0.25, 0.3) is 0 Å². The first-order valence-electron chi connectivity index (χ1n) is 6.40. The zero-order valence-corrected chi connectivity index (χ0v) is 11.7. The molecule has 0 saturated heterocycles. The highest BCUT2D eigenvalue weighted by molar-refractivity contribution is 6.10. The van der Waals surface area contributed by atoms with Crippen molar-refractivity contribution in [1.29, 1.82) is 0 Å². The van der Waals surface area contributed by atoms with Gasteiger partial charge in [0.25, 0.3) is 0 Å². The van der Waals surface area contributed by atoms with Gasteiger partial charge in [-0.25, -0.2) is 8.78 Å². The van der Waals surface area contributed by atoms with Crippen LogP contribution >= 0.6 is 0 Å². The smallest absolute Gasteiger partial charge is 0.199 e. The minimum absolute atomic E-state index is 0.284. The van der Waals surface area contributed by atoms with E-state index in [-0.39, 0.29) is 5.41 Å². The Morgan fingerprint density at radius 1 is 0.900 bits per heavy atom. The van der Waals surface area contributed by atoms with Crippen LogP contribution in [0.1, 0.15) is 42.3 Å². The number of rotatable bonds is 2. The molecular formula is C17H16F2O. The molecule has 0 amide bonds. The molecule has 1 nitrogen and oxygen atoms in total. The van der Waals surface area contributed by atoms with Gasteiger partial charge in [0.2, 0.25) is 0 Å². The maximum atomic E-state index is 13.8. The third-order valence-electron chi connectivity index (χ3n) is 3.17. The van der Waals surface area contributed by atoms with E-state index in [2.05, 4.69) is 0 Å². The summed E-state index contributed by atoms with van der Waals surface area (Å²) in [4.78, 5) is 12.5. The first kappa shape index (κ1) is 14.4. The van der Waals surface area contributed by atoms with Crippen molar-refractivity contribution in [3.8, 4) is 0 Å². The van der Waals surface area contributed by atoms with Gasteiger partial charge in [0.15, 0.2) is 5.78 Å². The number of halogens is 2. The summed E-state index contributed by atoms with van der Waals surface area (Å²) in [5.41, 5.74) is 0.328. The highest BCUT2D eigenvalue weighted by atomic mass is 19.1. The van der Waals surface area contributed by atoms with E-state index in [4.69, 9.17) is 0 Å². The van der Waals surface area contributed by atoms with Gasteiger partial charge in [-0.05, 0) is 23.1 Å². The lowest BCUT2D eigenvalue weighted by Crippen LogP contribution is -2.18. The summed E-state index contributed by atoms with van der Waals surface area (Å²) in [6, 6.07) is 10.4. The number of hydrogen-bond acceptors (Lipinski definition) is 1. The zero-order valence-electron chi connectivity index (χ0n) is 11.7. The van der Waals surface area contributed by atoms with Crippen molar-refractivity contribution in [2.45, 2.75) is 26.2 Å². The van der Waals surface area contributed by atoms with E-state index in [9.17, 15) is 13.6 Å². The lowest BCUT2D eigenvalue weighted by Gasteiger charge is -2.22. The van der Waals surface area contributed by atoms with E-state index >= 15 is 0 Å². The van der Waals surface area contributed by atoms with Crippen molar-refractivity contribution >= 4 is 5.78 Å². The molecule has 0 N–H and O–H groups in total. The second-order valence-corrected chi connectivity index (χ2v) is 5.72. The van der Waals surface area contributed by atoms with Crippen LogP contribution in [0.2, 0.25) is 0 Å². The lowest BCUT2D eigenvalue weighted by molar-refractivity contribution is 0.102. The predicted molar refractivity (Wildman–Crippen MR) is 74.9 cm³/mol. The summed E-state index contributed by atoms with van der Waals surface area (Å²) in [7, 11) is 0. The second-order valence-electron chi connectivity index (χ2n) is 5.72. The highest BCUT2D eigenvalue weighted by Gasteiger charge is 2.25. The molecule has 104 valence electrons. The summed E-state index contributed by atoms with van der Waals surface area (Å²) in [6.07, 6.45) is 0. The topological polar surface area (TPSA) is 17.1 Å². The molecule has 3 heteroatoms. The molecule has 0 aliphatic rings. The molecular weight excluding hydrogens is 258 g/mol. The molecule has 2 aromatic carbocycles. The average Bonchev–Trinajstić information content (AvgIpc) is 2.37. The van der Waals surface area contributed by atoms with Crippen molar-refractivity contribution in [3.05, 3.63) is 70.8 Å². The fourth-order valence-electron chi connectivity index (χ4n) is 2.18. The summed E-state index contributed by atoms with van der Waals surface area (Å²) in [6.45, 7) is 5.87. The fraction of sp³-hybridized carbons (Fsp3) is 0.235. The Bertz CT molecular complexity index is 634. The number of hydrogen-bond donors (Lipinski definition) is 0. The molecule has 0 heterocycles. The third kappa shape index (κ3) is 2.62. The zero-order chi connectivity index (χ0) is 14.9. The summed E-state index contributed by atoms with van der Waals surface area (Å²) < 4.78 is 27.5. The van der Waals surface area contributed by atoms with Gasteiger partial charge >= 0.3 is 0 Å². The first-order chi connectivity index (χ1) is 9.32. The maximum absolute atomic E-state index is 13.8. The normalized spacial score (nSPS) is 11.4. The van der Waals surface area contributed by atoms with Crippen LogP contribution in [-0.4, -0.2) is 5.78 Å². The van der Waals surface area contributed by atoms with Crippen molar-refractivity contribution in [3.63, 3.8) is 0 Å². The molecule has 0 saturated carbocycles. The fourth-order valence-corrected chi connectivity index (χ4v) is 2.18. The van der Waals surface area contributed by atoms with E-state index in [0.717, 1.165) is 17.7 Å². The van der Waals surface area contributed by atoms with Crippen molar-refractivity contribution in [2.75, 3.05) is 0 Å². The van der Waals surface area contributed by atoms with Gasteiger partial charge in [-0.2, -0.15) is 0 Å². The van der Waals surface area contributed by atoms with E-state index in [1.54, 1.807) is 12.1 Å². The highest BCUT2D eigenvalue weighted by Crippen LogP contribution is 2.28. The molecule has 0 fully saturated rings. The Labute approximate surface area is 117 Å². The van der Waals surface area contributed by atoms with Crippen LogP contribution in [0.5, 0.6) is 0 Å². The van der Waals surface area contributed by atoms with Crippen LogP contribution in [-0.2, 0) is 5.41 Å². The molecule has 0 bridgehead atoms. The molecule has 0 aliphatic heterocycles. The first-order valence-corrected chi connectivity index (χ1v) is 6.40. The molecule has 0 aliphatic carbocycles. The van der Waals surface area contributed by atoms with Gasteiger partial charge in [-0.15, -0.1) is 0 Å². The number of ketones is 1. The quantitative estimate of drug-likeness (QED) is 0.737.